The predicted molar refractivity (Wildman–Crippen MR) is 168 cm³/mol. The van der Waals surface area contributed by atoms with Crippen LogP contribution in [-0.2, 0) is 24.1 Å². The van der Waals surface area contributed by atoms with Crippen LogP contribution in [0.5, 0.6) is 11.6 Å². The zero-order valence-corrected chi connectivity index (χ0v) is 26.1. The van der Waals surface area contributed by atoms with Gasteiger partial charge in [-0.05, 0) is 30.7 Å². The summed E-state index contributed by atoms with van der Waals surface area (Å²) in [5.41, 5.74) is 2.32. The van der Waals surface area contributed by atoms with Gasteiger partial charge in [-0.2, -0.15) is 13.2 Å². The molecule has 2 aromatic carbocycles. The smallest absolute Gasteiger partial charge is 0.449 e. The van der Waals surface area contributed by atoms with E-state index in [1.807, 2.05) is 30.3 Å². The van der Waals surface area contributed by atoms with Crippen molar-refractivity contribution in [2.24, 2.45) is 0 Å². The van der Waals surface area contributed by atoms with Gasteiger partial charge in [0.1, 0.15) is 24.4 Å². The zero-order valence-electron chi connectivity index (χ0n) is 26.1. The molecule has 15 heteroatoms. The van der Waals surface area contributed by atoms with Crippen LogP contribution in [0.3, 0.4) is 0 Å². The summed E-state index contributed by atoms with van der Waals surface area (Å²) >= 11 is 0. The number of para-hydroxylation sites is 1. The summed E-state index contributed by atoms with van der Waals surface area (Å²) in [5.74, 6) is 0.0786. The second kappa shape index (κ2) is 12.6. The number of halogens is 3. The Kier molecular flexibility index (Phi) is 8.21. The Bertz CT molecular complexity index is 2070. The van der Waals surface area contributed by atoms with E-state index in [-0.39, 0.29) is 17.6 Å². The number of carbonyl (C=O) groups is 1. The molecule has 1 amide bonds. The van der Waals surface area contributed by atoms with Gasteiger partial charge < -0.3 is 28.3 Å². The van der Waals surface area contributed by atoms with E-state index in [1.165, 1.54) is 38.7 Å². The first-order valence-corrected chi connectivity index (χ1v) is 15.2. The average Bonchev–Trinajstić information content (AvgIpc) is 3.83. The number of pyridine rings is 1. The molecule has 1 aliphatic rings. The lowest BCUT2D eigenvalue weighted by Gasteiger charge is -2.29. The van der Waals surface area contributed by atoms with E-state index in [9.17, 15) is 18.0 Å². The van der Waals surface area contributed by atoms with Crippen molar-refractivity contribution in [1.29, 1.82) is 0 Å². The fourth-order valence-corrected chi connectivity index (χ4v) is 6.16. The zero-order chi connectivity index (χ0) is 33.4. The minimum absolute atomic E-state index is 0.106. The molecule has 248 valence electrons. The Morgan fingerprint density at radius 3 is 2.65 bits per heavy atom. The third kappa shape index (κ3) is 6.03. The van der Waals surface area contributed by atoms with Gasteiger partial charge >= 0.3 is 6.18 Å². The van der Waals surface area contributed by atoms with Crippen molar-refractivity contribution in [3.63, 3.8) is 0 Å². The molecule has 6 aromatic rings. The van der Waals surface area contributed by atoms with Crippen LogP contribution in [-0.4, -0.2) is 79.0 Å². The highest BCUT2D eigenvalue weighted by Crippen LogP contribution is 2.35. The minimum atomic E-state index is -4.79. The molecule has 0 saturated carbocycles. The van der Waals surface area contributed by atoms with Crippen molar-refractivity contribution in [3.8, 4) is 22.9 Å². The van der Waals surface area contributed by atoms with Gasteiger partial charge in [0.05, 0.1) is 67.0 Å². The maximum atomic E-state index is 14.2. The Hall–Kier alpha value is -5.44. The number of hydrogen-bond acceptors (Lipinski definition) is 9. The molecule has 1 N–H and O–H groups in total. The van der Waals surface area contributed by atoms with E-state index in [1.54, 1.807) is 17.3 Å². The van der Waals surface area contributed by atoms with Crippen LogP contribution in [0, 0.1) is 0 Å². The van der Waals surface area contributed by atoms with Crippen molar-refractivity contribution in [2.75, 3.05) is 33.9 Å². The molecular weight excluding hydrogens is 629 g/mol. The number of benzene rings is 2. The molecular formula is C33H31F3N8O4. The molecule has 0 spiro atoms. The number of oxazole rings is 1. The fraction of sp³-hybridized carbons (Fsp3) is 0.303. The molecule has 1 fully saturated rings. The maximum Gasteiger partial charge on any atom is 0.449 e. The molecule has 4 aromatic heterocycles. The third-order valence-electron chi connectivity index (χ3n) is 8.50. The van der Waals surface area contributed by atoms with Crippen LogP contribution in [0.1, 0.15) is 30.0 Å². The van der Waals surface area contributed by atoms with Gasteiger partial charge in [-0.15, -0.1) is 0 Å². The number of alkyl halides is 3. The lowest BCUT2D eigenvalue weighted by Crippen LogP contribution is -2.39. The molecule has 48 heavy (non-hydrogen) atoms. The van der Waals surface area contributed by atoms with Gasteiger partial charge in [-0.3, -0.25) is 9.69 Å². The summed E-state index contributed by atoms with van der Waals surface area (Å²) in [6.07, 6.45) is 0.361. The van der Waals surface area contributed by atoms with Crippen LogP contribution in [0.25, 0.3) is 33.2 Å². The number of hydrogen-bond donors (Lipinski definition) is 1. The summed E-state index contributed by atoms with van der Waals surface area (Å²) in [5, 5.41) is 0.905. The van der Waals surface area contributed by atoms with Crippen LogP contribution >= 0.6 is 0 Å². The first kappa shape index (κ1) is 31.2. The number of nitrogens with one attached hydrogen (secondary N) is 1. The van der Waals surface area contributed by atoms with E-state index in [4.69, 9.17) is 13.9 Å². The van der Waals surface area contributed by atoms with Gasteiger partial charge in [-0.25, -0.2) is 19.9 Å². The Balaban J connectivity index is 1.25. The largest absolute Gasteiger partial charge is 0.497 e. The fourth-order valence-electron chi connectivity index (χ4n) is 6.16. The molecule has 1 unspecified atom stereocenters. The molecule has 7 rings (SSSR count). The lowest BCUT2D eigenvalue weighted by atomic mass is 10.1. The highest BCUT2D eigenvalue weighted by atomic mass is 19.4. The van der Waals surface area contributed by atoms with E-state index in [0.717, 1.165) is 15.5 Å². The molecule has 1 atom stereocenters. The molecule has 5 heterocycles. The van der Waals surface area contributed by atoms with Crippen LogP contribution in [0.15, 0.2) is 71.6 Å². The Labute approximate surface area is 272 Å². The molecule has 12 nitrogen and oxygen atoms in total. The van der Waals surface area contributed by atoms with Crippen molar-refractivity contribution >= 4 is 27.8 Å². The van der Waals surface area contributed by atoms with Crippen molar-refractivity contribution in [1.82, 2.24) is 39.3 Å². The SMILES string of the molecule is COc1ccc2nc(C(F)(F)F)n(CC(=O)N3CCN(Cc4ncco4)CCC3c3ncc(-c4cc5ccccc5nc4OC)[nH]3)c2c1. The number of nitrogens with zero attached hydrogens (tertiary/aromatic N) is 7. The standard InChI is InChI=1S/C33H31F3N8O4/c1-46-21-7-8-24-27(16-21)44(32(41-24)33(34,35)36)19-29(45)43-13-12-42(18-28-37-10-14-48-28)11-9-26(43)30-38-17-25(39-30)22-15-20-5-3-4-6-23(20)40-31(22)47-2/h3-8,10,14-17,26H,9,11-13,18-19H2,1-2H3,(H,38,39). The number of amides is 1. The van der Waals surface area contributed by atoms with Gasteiger partial charge in [0.25, 0.3) is 0 Å². The maximum absolute atomic E-state index is 14.2. The number of H-pyrrole nitrogens is 1. The second-order valence-electron chi connectivity index (χ2n) is 11.4. The Morgan fingerprint density at radius 2 is 1.88 bits per heavy atom. The van der Waals surface area contributed by atoms with Crippen molar-refractivity contribution in [2.45, 2.75) is 31.7 Å². The number of carbonyl (C=O) groups excluding carboxylic acids is 1. The van der Waals surface area contributed by atoms with Gasteiger partial charge in [0.15, 0.2) is 0 Å². The summed E-state index contributed by atoms with van der Waals surface area (Å²) in [6, 6.07) is 13.4. The first-order chi connectivity index (χ1) is 23.2. The number of aromatic amines is 1. The molecule has 0 aliphatic carbocycles. The minimum Gasteiger partial charge on any atom is -0.497 e. The molecule has 0 bridgehead atoms. The summed E-state index contributed by atoms with van der Waals surface area (Å²) < 4.78 is 59.9. The van der Waals surface area contributed by atoms with Crippen LogP contribution in [0.4, 0.5) is 13.2 Å². The number of rotatable bonds is 8. The lowest BCUT2D eigenvalue weighted by molar-refractivity contribution is -0.148. The Morgan fingerprint density at radius 1 is 1.02 bits per heavy atom. The third-order valence-corrected chi connectivity index (χ3v) is 8.50. The number of ether oxygens (including phenoxy) is 2. The normalized spacial score (nSPS) is 16.0. The van der Waals surface area contributed by atoms with Crippen molar-refractivity contribution in [3.05, 3.63) is 84.7 Å². The van der Waals surface area contributed by atoms with Gasteiger partial charge in [0.2, 0.25) is 23.5 Å². The number of fused-ring (bicyclic) bond motifs is 2. The summed E-state index contributed by atoms with van der Waals surface area (Å²) in [6.45, 7) is 1.02. The van der Waals surface area contributed by atoms with E-state index >= 15 is 0 Å². The monoisotopic (exact) mass is 660 g/mol. The number of aromatic nitrogens is 6. The average molecular weight is 661 g/mol. The quantitative estimate of drug-likeness (QED) is 0.226. The van der Waals surface area contributed by atoms with E-state index in [2.05, 4.69) is 29.8 Å². The molecule has 1 saturated heterocycles. The summed E-state index contributed by atoms with van der Waals surface area (Å²) in [4.78, 5) is 38.6. The van der Waals surface area contributed by atoms with E-state index in [0.29, 0.717) is 60.7 Å². The topological polar surface area (TPSA) is 127 Å². The first-order valence-electron chi connectivity index (χ1n) is 15.2. The van der Waals surface area contributed by atoms with Crippen LogP contribution < -0.4 is 9.47 Å². The van der Waals surface area contributed by atoms with Gasteiger partial charge in [0, 0.05) is 31.1 Å². The number of methoxy groups -OCH3 is 2. The molecule has 1 aliphatic heterocycles. The van der Waals surface area contributed by atoms with Crippen molar-refractivity contribution < 1.29 is 31.9 Å². The molecule has 0 radical (unpaired) electrons. The van der Waals surface area contributed by atoms with Crippen LogP contribution in [0.2, 0.25) is 0 Å². The predicted octanol–water partition coefficient (Wildman–Crippen LogP) is 5.47. The van der Waals surface area contributed by atoms with E-state index < -0.39 is 30.5 Å². The highest BCUT2D eigenvalue weighted by Gasteiger charge is 2.39. The van der Waals surface area contributed by atoms with Gasteiger partial charge in [-0.1, -0.05) is 18.2 Å². The summed E-state index contributed by atoms with van der Waals surface area (Å²) in [7, 11) is 2.96. The highest BCUT2D eigenvalue weighted by molar-refractivity contribution is 5.85. The number of imidazole rings is 2. The second-order valence-corrected chi connectivity index (χ2v) is 11.4.